The highest BCUT2D eigenvalue weighted by Crippen LogP contribution is 2.08. The van der Waals surface area contributed by atoms with E-state index in [-0.39, 0.29) is 5.91 Å². The highest BCUT2D eigenvalue weighted by Gasteiger charge is 2.21. The second-order valence-corrected chi connectivity index (χ2v) is 4.85. The van der Waals surface area contributed by atoms with Crippen molar-refractivity contribution in [2.24, 2.45) is 0 Å². The van der Waals surface area contributed by atoms with E-state index < -0.39 is 10.8 Å². The van der Waals surface area contributed by atoms with Gasteiger partial charge in [0.2, 0.25) is 0 Å². The molecule has 1 aromatic rings. The van der Waals surface area contributed by atoms with Crippen LogP contribution in [0.25, 0.3) is 0 Å². The van der Waals surface area contributed by atoms with Crippen LogP contribution in [0.5, 0.6) is 0 Å². The molecule has 76 valence electrons. The minimum absolute atomic E-state index is 0.0320. The van der Waals surface area contributed by atoms with Gasteiger partial charge >= 0.3 is 0 Å². The van der Waals surface area contributed by atoms with Gasteiger partial charge in [-0.3, -0.25) is 9.00 Å². The number of carbonyl (C=O) groups excluding carboxylic acids is 1. The van der Waals surface area contributed by atoms with E-state index in [1.54, 1.807) is 11.0 Å². The van der Waals surface area contributed by atoms with Crippen molar-refractivity contribution >= 4 is 16.7 Å². The number of carbonyl (C=O) groups is 1. The standard InChI is InChI=1S/C9H11NO3S/c11-9(8-1-4-13-7-8)10-2-5-14(12)6-3-10/h1,4,7H,2-3,5-6H2. The van der Waals surface area contributed by atoms with Crippen molar-refractivity contribution in [3.05, 3.63) is 24.2 Å². The molecule has 0 spiro atoms. The fraction of sp³-hybridized carbons (Fsp3) is 0.444. The lowest BCUT2D eigenvalue weighted by Crippen LogP contribution is -2.41. The summed E-state index contributed by atoms with van der Waals surface area (Å²) in [5.41, 5.74) is 0.567. The SMILES string of the molecule is O=C(c1ccoc1)N1CCS(=O)CC1. The van der Waals surface area contributed by atoms with Crippen LogP contribution < -0.4 is 0 Å². The zero-order valence-corrected chi connectivity index (χ0v) is 8.46. The molecule has 4 nitrogen and oxygen atoms in total. The van der Waals surface area contributed by atoms with Crippen LogP contribution in [0.3, 0.4) is 0 Å². The lowest BCUT2D eigenvalue weighted by atomic mass is 10.3. The molecule has 0 unspecified atom stereocenters. The normalized spacial score (nSPS) is 18.4. The molecule has 2 rings (SSSR count). The third-order valence-corrected chi connectivity index (χ3v) is 3.51. The maximum absolute atomic E-state index is 11.7. The summed E-state index contributed by atoms with van der Waals surface area (Å²) < 4.78 is 15.9. The molecule has 1 amide bonds. The highest BCUT2D eigenvalue weighted by atomic mass is 32.2. The van der Waals surface area contributed by atoms with Crippen LogP contribution in [-0.4, -0.2) is 39.6 Å². The lowest BCUT2D eigenvalue weighted by Gasteiger charge is -2.25. The molecule has 2 heterocycles. The Morgan fingerprint density at radius 3 is 2.71 bits per heavy atom. The van der Waals surface area contributed by atoms with Crippen LogP contribution in [-0.2, 0) is 10.8 Å². The molecule has 14 heavy (non-hydrogen) atoms. The highest BCUT2D eigenvalue weighted by molar-refractivity contribution is 7.85. The molecule has 0 N–H and O–H groups in total. The van der Waals surface area contributed by atoms with E-state index in [4.69, 9.17) is 4.42 Å². The van der Waals surface area contributed by atoms with E-state index in [0.717, 1.165) is 0 Å². The van der Waals surface area contributed by atoms with Crippen molar-refractivity contribution in [1.29, 1.82) is 0 Å². The van der Waals surface area contributed by atoms with Gasteiger partial charge in [-0.15, -0.1) is 0 Å². The maximum Gasteiger partial charge on any atom is 0.257 e. The number of nitrogens with zero attached hydrogens (tertiary/aromatic N) is 1. The summed E-state index contributed by atoms with van der Waals surface area (Å²) in [4.78, 5) is 13.4. The molecule has 0 aromatic carbocycles. The first-order chi connectivity index (χ1) is 6.77. The number of rotatable bonds is 1. The second kappa shape index (κ2) is 3.96. The summed E-state index contributed by atoms with van der Waals surface area (Å²) in [7, 11) is -0.742. The predicted octanol–water partition coefficient (Wildman–Crippen LogP) is 0.484. The molecular weight excluding hydrogens is 202 g/mol. The molecule has 1 saturated heterocycles. The molecule has 0 radical (unpaired) electrons. The van der Waals surface area contributed by atoms with E-state index in [2.05, 4.69) is 0 Å². The quantitative estimate of drug-likeness (QED) is 0.682. The lowest BCUT2D eigenvalue weighted by molar-refractivity contribution is 0.0770. The van der Waals surface area contributed by atoms with Gasteiger partial charge < -0.3 is 9.32 Å². The first-order valence-electron chi connectivity index (χ1n) is 4.44. The Morgan fingerprint density at radius 1 is 1.43 bits per heavy atom. The summed E-state index contributed by atoms with van der Waals surface area (Å²) in [5.74, 6) is 1.14. The molecule has 0 atom stereocenters. The Bertz CT molecular complexity index is 337. The first-order valence-corrected chi connectivity index (χ1v) is 5.92. The number of furan rings is 1. The largest absolute Gasteiger partial charge is 0.472 e. The van der Waals surface area contributed by atoms with Crippen molar-refractivity contribution in [2.75, 3.05) is 24.6 Å². The third kappa shape index (κ3) is 1.87. The minimum atomic E-state index is -0.742. The molecule has 1 aliphatic heterocycles. The van der Waals surface area contributed by atoms with E-state index in [0.29, 0.717) is 30.2 Å². The molecular formula is C9H11NO3S. The fourth-order valence-corrected chi connectivity index (χ4v) is 2.46. The Balaban J connectivity index is 2.03. The molecule has 1 aromatic heterocycles. The molecule has 5 heteroatoms. The summed E-state index contributed by atoms with van der Waals surface area (Å²) in [6.07, 6.45) is 2.92. The second-order valence-electron chi connectivity index (χ2n) is 3.15. The van der Waals surface area contributed by atoms with Crippen LogP contribution in [0, 0.1) is 0 Å². The Labute approximate surface area is 84.3 Å². The smallest absolute Gasteiger partial charge is 0.257 e. The van der Waals surface area contributed by atoms with Crippen molar-refractivity contribution < 1.29 is 13.4 Å². The summed E-state index contributed by atoms with van der Waals surface area (Å²) in [6, 6.07) is 1.65. The summed E-state index contributed by atoms with van der Waals surface area (Å²) >= 11 is 0. The molecule has 0 saturated carbocycles. The van der Waals surface area contributed by atoms with Crippen LogP contribution in [0.1, 0.15) is 10.4 Å². The van der Waals surface area contributed by atoms with Crippen molar-refractivity contribution in [1.82, 2.24) is 4.90 Å². The van der Waals surface area contributed by atoms with Crippen molar-refractivity contribution in [2.45, 2.75) is 0 Å². The number of amides is 1. The Morgan fingerprint density at radius 2 is 2.14 bits per heavy atom. The fourth-order valence-electron chi connectivity index (χ4n) is 1.41. The van der Waals surface area contributed by atoms with E-state index in [9.17, 15) is 9.00 Å². The Kier molecular flexibility index (Phi) is 2.67. The summed E-state index contributed by atoms with van der Waals surface area (Å²) in [5, 5.41) is 0. The molecule has 0 aliphatic carbocycles. The van der Waals surface area contributed by atoms with Gasteiger partial charge in [0.1, 0.15) is 6.26 Å². The first kappa shape index (κ1) is 9.45. The summed E-state index contributed by atoms with van der Waals surface area (Å²) in [6.45, 7) is 1.16. The monoisotopic (exact) mass is 213 g/mol. The van der Waals surface area contributed by atoms with Crippen molar-refractivity contribution in [3.63, 3.8) is 0 Å². The maximum atomic E-state index is 11.7. The minimum Gasteiger partial charge on any atom is -0.472 e. The van der Waals surface area contributed by atoms with E-state index >= 15 is 0 Å². The van der Waals surface area contributed by atoms with Gasteiger partial charge in [0, 0.05) is 35.4 Å². The van der Waals surface area contributed by atoms with Gasteiger partial charge in [-0.2, -0.15) is 0 Å². The van der Waals surface area contributed by atoms with Crippen LogP contribution >= 0.6 is 0 Å². The zero-order valence-electron chi connectivity index (χ0n) is 7.64. The van der Waals surface area contributed by atoms with Gasteiger partial charge in [0.25, 0.3) is 5.91 Å². The van der Waals surface area contributed by atoms with Gasteiger partial charge in [-0.25, -0.2) is 0 Å². The van der Waals surface area contributed by atoms with E-state index in [1.165, 1.54) is 12.5 Å². The zero-order chi connectivity index (χ0) is 9.97. The van der Waals surface area contributed by atoms with Gasteiger partial charge in [0.05, 0.1) is 11.8 Å². The molecule has 1 fully saturated rings. The number of hydrogen-bond acceptors (Lipinski definition) is 3. The molecule has 1 aliphatic rings. The predicted molar refractivity (Wildman–Crippen MR) is 52.5 cm³/mol. The topological polar surface area (TPSA) is 50.5 Å². The van der Waals surface area contributed by atoms with Crippen LogP contribution in [0.2, 0.25) is 0 Å². The average molecular weight is 213 g/mol. The number of hydrogen-bond donors (Lipinski definition) is 0. The Hall–Kier alpha value is -1.10. The van der Waals surface area contributed by atoms with Gasteiger partial charge in [0.15, 0.2) is 0 Å². The van der Waals surface area contributed by atoms with Crippen molar-refractivity contribution in [3.8, 4) is 0 Å². The third-order valence-electron chi connectivity index (χ3n) is 2.23. The van der Waals surface area contributed by atoms with Crippen LogP contribution in [0.15, 0.2) is 23.0 Å². The molecule has 0 bridgehead atoms. The average Bonchev–Trinajstić information content (AvgIpc) is 2.71. The van der Waals surface area contributed by atoms with Crippen LogP contribution in [0.4, 0.5) is 0 Å². The van der Waals surface area contributed by atoms with E-state index in [1.807, 2.05) is 0 Å². The van der Waals surface area contributed by atoms with Gasteiger partial charge in [-0.1, -0.05) is 0 Å². The van der Waals surface area contributed by atoms with Gasteiger partial charge in [-0.05, 0) is 6.07 Å².